The van der Waals surface area contributed by atoms with Gasteiger partial charge in [-0.2, -0.15) is 0 Å². The molecule has 3 heteroatoms. The molecule has 0 radical (unpaired) electrons. The molecule has 12 heavy (non-hydrogen) atoms. The fourth-order valence-electron chi connectivity index (χ4n) is 0.809. The number of ether oxygens (including phenoxy) is 1. The Morgan fingerprint density at radius 1 is 1.25 bits per heavy atom. The predicted octanol–water partition coefficient (Wildman–Crippen LogP) is 2.01. The van der Waals surface area contributed by atoms with Gasteiger partial charge in [0.25, 0.3) is 0 Å². The maximum atomic E-state index is 11.7. The summed E-state index contributed by atoms with van der Waals surface area (Å²) in [5, 5.41) is 0. The summed E-state index contributed by atoms with van der Waals surface area (Å²) in [6.07, 6.45) is 0.435. The molecule has 0 amide bonds. The van der Waals surface area contributed by atoms with Gasteiger partial charge in [0.1, 0.15) is 5.75 Å². The van der Waals surface area contributed by atoms with Gasteiger partial charge in [-0.25, -0.2) is 0 Å². The van der Waals surface area contributed by atoms with Crippen LogP contribution in [0.4, 0.5) is 10.1 Å². The van der Waals surface area contributed by atoms with Gasteiger partial charge in [0, 0.05) is 12.1 Å². The van der Waals surface area contributed by atoms with Crippen molar-refractivity contribution in [2.24, 2.45) is 0 Å². The third-order valence-electron chi connectivity index (χ3n) is 1.43. The molecule has 0 fully saturated rings. The van der Waals surface area contributed by atoms with Crippen molar-refractivity contribution in [3.63, 3.8) is 0 Å². The van der Waals surface area contributed by atoms with Crippen molar-refractivity contribution < 1.29 is 9.13 Å². The molecule has 0 unspecified atom stereocenters. The van der Waals surface area contributed by atoms with E-state index in [0.717, 1.165) is 5.75 Å². The quantitative estimate of drug-likeness (QED) is 0.552. The lowest BCUT2D eigenvalue weighted by Crippen LogP contribution is -1.97. The van der Waals surface area contributed by atoms with E-state index in [1.54, 1.807) is 24.3 Å². The first-order chi connectivity index (χ1) is 5.83. The Labute approximate surface area is 71.1 Å². The molecular formula is C9H12FNO. The summed E-state index contributed by atoms with van der Waals surface area (Å²) in [4.78, 5) is 0. The molecule has 0 aromatic heterocycles. The summed E-state index contributed by atoms with van der Waals surface area (Å²) in [5.41, 5.74) is 6.17. The van der Waals surface area contributed by atoms with Crippen LogP contribution in [0.1, 0.15) is 6.42 Å². The third kappa shape index (κ3) is 2.78. The number of nitrogens with two attached hydrogens (primary N) is 1. The first kappa shape index (κ1) is 8.84. The van der Waals surface area contributed by atoms with Crippen molar-refractivity contribution in [3.8, 4) is 5.75 Å². The van der Waals surface area contributed by atoms with E-state index in [9.17, 15) is 4.39 Å². The Kier molecular flexibility index (Phi) is 3.38. The smallest absolute Gasteiger partial charge is 0.119 e. The molecule has 1 rings (SSSR count). The Balaban J connectivity index is 2.37. The van der Waals surface area contributed by atoms with Gasteiger partial charge in [0.15, 0.2) is 0 Å². The van der Waals surface area contributed by atoms with Crippen LogP contribution in [-0.4, -0.2) is 13.3 Å². The highest BCUT2D eigenvalue weighted by molar-refractivity contribution is 5.41. The van der Waals surface area contributed by atoms with Crippen molar-refractivity contribution in [2.75, 3.05) is 19.0 Å². The second-order valence-corrected chi connectivity index (χ2v) is 2.46. The van der Waals surface area contributed by atoms with Crippen molar-refractivity contribution in [2.45, 2.75) is 6.42 Å². The van der Waals surface area contributed by atoms with Crippen LogP contribution in [0.15, 0.2) is 24.3 Å². The molecule has 0 atom stereocenters. The molecule has 0 aliphatic heterocycles. The monoisotopic (exact) mass is 169 g/mol. The van der Waals surface area contributed by atoms with E-state index >= 15 is 0 Å². The van der Waals surface area contributed by atoms with Gasteiger partial charge in [-0.15, -0.1) is 0 Å². The van der Waals surface area contributed by atoms with E-state index < -0.39 is 0 Å². The SMILES string of the molecule is Nc1ccc(OCCCF)cc1. The van der Waals surface area contributed by atoms with E-state index in [1.165, 1.54) is 0 Å². The molecule has 0 aliphatic rings. The van der Waals surface area contributed by atoms with Gasteiger partial charge < -0.3 is 10.5 Å². The maximum absolute atomic E-state index is 11.7. The Hall–Kier alpha value is -1.25. The number of halogens is 1. The van der Waals surface area contributed by atoms with E-state index in [-0.39, 0.29) is 6.67 Å². The van der Waals surface area contributed by atoms with Crippen LogP contribution in [0.5, 0.6) is 5.75 Å². The minimum atomic E-state index is -0.338. The fourth-order valence-corrected chi connectivity index (χ4v) is 0.809. The second kappa shape index (κ2) is 4.59. The molecule has 66 valence electrons. The molecular weight excluding hydrogens is 157 g/mol. The predicted molar refractivity (Wildman–Crippen MR) is 46.9 cm³/mol. The van der Waals surface area contributed by atoms with Gasteiger partial charge >= 0.3 is 0 Å². The van der Waals surface area contributed by atoms with Gasteiger partial charge in [-0.05, 0) is 24.3 Å². The first-order valence-electron chi connectivity index (χ1n) is 3.87. The van der Waals surface area contributed by atoms with Crippen LogP contribution in [0.3, 0.4) is 0 Å². The number of rotatable bonds is 4. The van der Waals surface area contributed by atoms with Gasteiger partial charge in [0.05, 0.1) is 13.3 Å². The van der Waals surface area contributed by atoms with E-state index in [2.05, 4.69) is 0 Å². The van der Waals surface area contributed by atoms with Crippen LogP contribution in [0, 0.1) is 0 Å². The molecule has 0 heterocycles. The zero-order valence-electron chi connectivity index (χ0n) is 6.79. The fraction of sp³-hybridized carbons (Fsp3) is 0.333. The number of alkyl halides is 1. The Bertz CT molecular complexity index is 222. The van der Waals surface area contributed by atoms with Crippen molar-refractivity contribution >= 4 is 5.69 Å². The summed E-state index contributed by atoms with van der Waals surface area (Å²) < 4.78 is 16.9. The van der Waals surface area contributed by atoms with E-state index in [0.29, 0.717) is 18.7 Å². The third-order valence-corrected chi connectivity index (χ3v) is 1.43. The Morgan fingerprint density at radius 3 is 2.50 bits per heavy atom. The molecule has 1 aromatic carbocycles. The molecule has 2 nitrogen and oxygen atoms in total. The van der Waals surface area contributed by atoms with E-state index in [1.807, 2.05) is 0 Å². The summed E-state index contributed by atoms with van der Waals surface area (Å²) in [7, 11) is 0. The summed E-state index contributed by atoms with van der Waals surface area (Å²) in [6, 6.07) is 7.05. The highest BCUT2D eigenvalue weighted by Crippen LogP contribution is 2.12. The van der Waals surface area contributed by atoms with Gasteiger partial charge in [0.2, 0.25) is 0 Å². The summed E-state index contributed by atoms with van der Waals surface area (Å²) >= 11 is 0. The Morgan fingerprint density at radius 2 is 1.92 bits per heavy atom. The molecule has 2 N–H and O–H groups in total. The van der Waals surface area contributed by atoms with E-state index in [4.69, 9.17) is 10.5 Å². The molecule has 0 spiro atoms. The molecule has 0 saturated heterocycles. The van der Waals surface area contributed by atoms with Crippen molar-refractivity contribution in [1.29, 1.82) is 0 Å². The topological polar surface area (TPSA) is 35.2 Å². The van der Waals surface area contributed by atoms with Crippen LogP contribution < -0.4 is 10.5 Å². The largest absolute Gasteiger partial charge is 0.493 e. The molecule has 0 bridgehead atoms. The maximum Gasteiger partial charge on any atom is 0.119 e. The standard InChI is InChI=1S/C9H12FNO/c10-6-1-7-12-9-4-2-8(11)3-5-9/h2-5H,1,6-7,11H2. The average molecular weight is 169 g/mol. The zero-order valence-corrected chi connectivity index (χ0v) is 6.79. The van der Waals surface area contributed by atoms with Crippen molar-refractivity contribution in [1.82, 2.24) is 0 Å². The number of hydrogen-bond acceptors (Lipinski definition) is 2. The van der Waals surface area contributed by atoms with Gasteiger partial charge in [-0.1, -0.05) is 0 Å². The minimum Gasteiger partial charge on any atom is -0.493 e. The van der Waals surface area contributed by atoms with Gasteiger partial charge in [-0.3, -0.25) is 4.39 Å². The number of nitrogen functional groups attached to an aromatic ring is 1. The van der Waals surface area contributed by atoms with Crippen LogP contribution >= 0.6 is 0 Å². The highest BCUT2D eigenvalue weighted by Gasteiger charge is 1.92. The molecule has 0 saturated carbocycles. The summed E-state index contributed by atoms with van der Waals surface area (Å²) in [5.74, 6) is 0.734. The highest BCUT2D eigenvalue weighted by atomic mass is 19.1. The second-order valence-electron chi connectivity index (χ2n) is 2.46. The number of benzene rings is 1. The number of hydrogen-bond donors (Lipinski definition) is 1. The lowest BCUT2D eigenvalue weighted by Gasteiger charge is -2.03. The average Bonchev–Trinajstić information content (AvgIpc) is 2.09. The molecule has 1 aromatic rings. The summed E-state index contributed by atoms with van der Waals surface area (Å²) in [6.45, 7) is 0.0788. The minimum absolute atomic E-state index is 0.338. The normalized spacial score (nSPS) is 9.75. The van der Waals surface area contributed by atoms with Crippen molar-refractivity contribution in [3.05, 3.63) is 24.3 Å². The van der Waals surface area contributed by atoms with Crippen LogP contribution in [0.2, 0.25) is 0 Å². The van der Waals surface area contributed by atoms with Crippen LogP contribution in [-0.2, 0) is 0 Å². The van der Waals surface area contributed by atoms with Crippen LogP contribution in [0.25, 0.3) is 0 Å². The lowest BCUT2D eigenvalue weighted by molar-refractivity contribution is 0.289. The lowest BCUT2D eigenvalue weighted by atomic mass is 10.3. The first-order valence-corrected chi connectivity index (χ1v) is 3.87. The number of anilines is 1. The zero-order chi connectivity index (χ0) is 8.81. The molecule has 0 aliphatic carbocycles.